The van der Waals surface area contributed by atoms with Crippen LogP contribution in [0, 0.1) is 13.8 Å². The average molecular weight is 344 g/mol. The van der Waals surface area contributed by atoms with E-state index in [9.17, 15) is 4.79 Å². The van der Waals surface area contributed by atoms with Crippen molar-refractivity contribution in [2.75, 3.05) is 6.61 Å². The van der Waals surface area contributed by atoms with Crippen LogP contribution in [0.4, 0.5) is 0 Å². The molecule has 0 aliphatic rings. The summed E-state index contributed by atoms with van der Waals surface area (Å²) < 4.78 is 15.7. The molecular weight excluding hydrogens is 328 g/mol. The molecule has 0 spiro atoms. The Kier molecular flexibility index (Phi) is 4.90. The second-order valence-electron chi connectivity index (χ2n) is 5.14. The molecule has 0 N–H and O–H groups in total. The molecule has 2 aromatic heterocycles. The van der Waals surface area contributed by atoms with E-state index in [1.165, 1.54) is 11.3 Å². The molecular formula is C17H16N2O4S. The van der Waals surface area contributed by atoms with Crippen LogP contribution < -0.4 is 4.74 Å². The molecule has 1 aromatic carbocycles. The zero-order valence-corrected chi connectivity index (χ0v) is 14.1. The Bertz CT molecular complexity index is 827. The summed E-state index contributed by atoms with van der Waals surface area (Å²) in [6.45, 7) is 3.69. The Hall–Kier alpha value is -2.67. The maximum Gasteiger partial charge on any atom is 0.344 e. The largest absolute Gasteiger partial charge is 0.482 e. The fraction of sp³-hybridized carbons (Fsp3) is 0.235. The van der Waals surface area contributed by atoms with Crippen LogP contribution in [0.3, 0.4) is 0 Å². The minimum absolute atomic E-state index is 0.0760. The van der Waals surface area contributed by atoms with Crippen molar-refractivity contribution in [3.8, 4) is 16.5 Å². The Morgan fingerprint density at radius 2 is 2.12 bits per heavy atom. The van der Waals surface area contributed by atoms with Gasteiger partial charge in [0.25, 0.3) is 5.89 Å². The quantitative estimate of drug-likeness (QED) is 0.637. The molecule has 0 unspecified atom stereocenters. The van der Waals surface area contributed by atoms with Crippen molar-refractivity contribution in [1.29, 1.82) is 0 Å². The van der Waals surface area contributed by atoms with E-state index in [2.05, 4.69) is 10.1 Å². The number of nitrogens with zero attached hydrogens (tertiary/aromatic N) is 2. The van der Waals surface area contributed by atoms with E-state index in [-0.39, 0.29) is 19.1 Å². The molecule has 24 heavy (non-hydrogen) atoms. The van der Waals surface area contributed by atoms with Crippen molar-refractivity contribution in [3.05, 3.63) is 52.7 Å². The second kappa shape index (κ2) is 7.27. The summed E-state index contributed by atoms with van der Waals surface area (Å²) in [6.07, 6.45) is 0. The lowest BCUT2D eigenvalue weighted by Gasteiger charge is -2.10. The predicted molar refractivity (Wildman–Crippen MR) is 88.8 cm³/mol. The van der Waals surface area contributed by atoms with Gasteiger partial charge in [0.2, 0.25) is 5.82 Å². The third-order valence-corrected chi connectivity index (χ3v) is 4.33. The van der Waals surface area contributed by atoms with E-state index in [0.717, 1.165) is 16.0 Å². The number of aryl methyl sites for hydroxylation is 1. The summed E-state index contributed by atoms with van der Waals surface area (Å²) in [5.74, 6) is 0.915. The zero-order valence-electron chi connectivity index (χ0n) is 13.3. The highest BCUT2D eigenvalue weighted by atomic mass is 32.1. The van der Waals surface area contributed by atoms with E-state index >= 15 is 0 Å². The Morgan fingerprint density at radius 1 is 1.25 bits per heavy atom. The molecule has 3 rings (SSSR count). The molecule has 0 saturated heterocycles. The second-order valence-corrected chi connectivity index (χ2v) is 6.08. The first-order valence-electron chi connectivity index (χ1n) is 7.34. The number of ether oxygens (including phenoxy) is 2. The van der Waals surface area contributed by atoms with Gasteiger partial charge in [0, 0.05) is 0 Å². The van der Waals surface area contributed by atoms with Crippen LogP contribution in [0.5, 0.6) is 5.75 Å². The highest BCUT2D eigenvalue weighted by Gasteiger charge is 2.12. The number of hydrogen-bond donors (Lipinski definition) is 0. The standard InChI is InChI=1S/C17H16N2O4S/c1-11-5-3-6-13(12(11)2)21-10-16(20)22-9-15-18-17(19-23-15)14-7-4-8-24-14/h3-8H,9-10H2,1-2H3. The number of esters is 1. The monoisotopic (exact) mass is 344 g/mol. The number of hydrogen-bond acceptors (Lipinski definition) is 7. The third kappa shape index (κ3) is 3.80. The van der Waals surface area contributed by atoms with Gasteiger partial charge in [-0.05, 0) is 42.5 Å². The number of carbonyl (C=O) groups is 1. The van der Waals surface area contributed by atoms with Crippen LogP contribution in [0.15, 0.2) is 40.2 Å². The summed E-state index contributed by atoms with van der Waals surface area (Å²) in [5.41, 5.74) is 2.11. The minimum Gasteiger partial charge on any atom is -0.482 e. The molecule has 0 aliphatic heterocycles. The topological polar surface area (TPSA) is 74.5 Å². The molecule has 2 heterocycles. The van der Waals surface area contributed by atoms with Gasteiger partial charge < -0.3 is 14.0 Å². The summed E-state index contributed by atoms with van der Waals surface area (Å²) in [4.78, 5) is 16.9. The predicted octanol–water partition coefficient (Wildman–Crippen LogP) is 3.54. The molecule has 0 fully saturated rings. The molecule has 0 radical (unpaired) electrons. The summed E-state index contributed by atoms with van der Waals surface area (Å²) in [6, 6.07) is 9.49. The summed E-state index contributed by atoms with van der Waals surface area (Å²) in [5, 5.41) is 5.78. The van der Waals surface area contributed by atoms with Gasteiger partial charge in [0.1, 0.15) is 5.75 Å². The number of carbonyl (C=O) groups excluding carboxylic acids is 1. The van der Waals surface area contributed by atoms with Gasteiger partial charge in [-0.15, -0.1) is 11.3 Å². The third-order valence-electron chi connectivity index (χ3n) is 3.47. The first-order chi connectivity index (χ1) is 11.6. The number of benzene rings is 1. The Morgan fingerprint density at radius 3 is 2.92 bits per heavy atom. The lowest BCUT2D eigenvalue weighted by atomic mass is 10.1. The fourth-order valence-corrected chi connectivity index (χ4v) is 2.67. The Labute approximate surface area is 143 Å². The van der Waals surface area contributed by atoms with E-state index in [1.807, 2.05) is 49.6 Å². The van der Waals surface area contributed by atoms with Crippen LogP contribution in [-0.2, 0) is 16.1 Å². The summed E-state index contributed by atoms with van der Waals surface area (Å²) >= 11 is 1.51. The van der Waals surface area contributed by atoms with Crippen LogP contribution in [0.2, 0.25) is 0 Å². The highest BCUT2D eigenvalue weighted by molar-refractivity contribution is 7.13. The van der Waals surface area contributed by atoms with Crippen molar-refractivity contribution >= 4 is 17.3 Å². The Balaban J connectivity index is 1.50. The van der Waals surface area contributed by atoms with Crippen molar-refractivity contribution in [2.24, 2.45) is 0 Å². The average Bonchev–Trinajstić information content (AvgIpc) is 3.25. The molecule has 0 aliphatic carbocycles. The van der Waals surface area contributed by atoms with Gasteiger partial charge in [-0.2, -0.15) is 4.98 Å². The van der Waals surface area contributed by atoms with Crippen molar-refractivity contribution in [2.45, 2.75) is 20.5 Å². The molecule has 0 saturated carbocycles. The molecule has 0 bridgehead atoms. The van der Waals surface area contributed by atoms with Crippen LogP contribution in [-0.4, -0.2) is 22.7 Å². The van der Waals surface area contributed by atoms with Crippen molar-refractivity contribution in [3.63, 3.8) is 0 Å². The van der Waals surface area contributed by atoms with E-state index in [4.69, 9.17) is 14.0 Å². The first-order valence-corrected chi connectivity index (χ1v) is 8.22. The highest BCUT2D eigenvalue weighted by Crippen LogP contribution is 2.22. The maximum atomic E-state index is 11.8. The maximum absolute atomic E-state index is 11.8. The molecule has 6 nitrogen and oxygen atoms in total. The normalized spacial score (nSPS) is 10.6. The smallest absolute Gasteiger partial charge is 0.344 e. The molecule has 0 atom stereocenters. The molecule has 3 aromatic rings. The fourth-order valence-electron chi connectivity index (χ4n) is 2.02. The van der Waals surface area contributed by atoms with Crippen LogP contribution in [0.1, 0.15) is 17.0 Å². The lowest BCUT2D eigenvalue weighted by molar-refractivity contribution is -0.148. The zero-order chi connectivity index (χ0) is 16.9. The molecule has 0 amide bonds. The van der Waals surface area contributed by atoms with Gasteiger partial charge in [-0.3, -0.25) is 0 Å². The van der Waals surface area contributed by atoms with Gasteiger partial charge in [-0.1, -0.05) is 23.4 Å². The van der Waals surface area contributed by atoms with Gasteiger partial charge >= 0.3 is 5.97 Å². The number of rotatable bonds is 6. The SMILES string of the molecule is Cc1cccc(OCC(=O)OCc2nc(-c3cccs3)no2)c1C. The first kappa shape index (κ1) is 16.2. The van der Waals surface area contributed by atoms with E-state index in [0.29, 0.717) is 11.6 Å². The molecule has 7 heteroatoms. The van der Waals surface area contributed by atoms with E-state index < -0.39 is 5.97 Å². The molecule has 124 valence electrons. The lowest BCUT2D eigenvalue weighted by Crippen LogP contribution is -2.15. The van der Waals surface area contributed by atoms with Crippen molar-refractivity contribution in [1.82, 2.24) is 10.1 Å². The van der Waals surface area contributed by atoms with Gasteiger partial charge in [0.05, 0.1) is 4.88 Å². The van der Waals surface area contributed by atoms with Gasteiger partial charge in [0.15, 0.2) is 13.2 Å². The van der Waals surface area contributed by atoms with Crippen molar-refractivity contribution < 1.29 is 18.8 Å². The van der Waals surface area contributed by atoms with Crippen LogP contribution in [0.25, 0.3) is 10.7 Å². The number of thiophene rings is 1. The van der Waals surface area contributed by atoms with E-state index in [1.54, 1.807) is 0 Å². The van der Waals surface area contributed by atoms with Crippen LogP contribution >= 0.6 is 11.3 Å². The number of aromatic nitrogens is 2. The minimum atomic E-state index is -0.494. The summed E-state index contributed by atoms with van der Waals surface area (Å²) in [7, 11) is 0. The van der Waals surface area contributed by atoms with Gasteiger partial charge in [-0.25, -0.2) is 4.79 Å².